The zero-order valence-electron chi connectivity index (χ0n) is 15.7. The number of nitrogens with zero attached hydrogens (tertiary/aromatic N) is 2. The lowest BCUT2D eigenvalue weighted by molar-refractivity contribution is -0.384. The van der Waals surface area contributed by atoms with Crippen LogP contribution in [0.5, 0.6) is 0 Å². The molecule has 0 spiro atoms. The molecular formula is C20H16ClN3O5S. The molecule has 0 fully saturated rings. The largest absolute Gasteiger partial charge is 0.320 e. The van der Waals surface area contributed by atoms with Gasteiger partial charge in [-0.15, -0.1) is 0 Å². The number of carbonyl (C=O) groups is 1. The summed E-state index contributed by atoms with van der Waals surface area (Å²) in [6, 6.07) is 17.6. The smallest absolute Gasteiger partial charge is 0.271 e. The minimum atomic E-state index is -3.81. The average Bonchev–Trinajstić information content (AvgIpc) is 2.75. The van der Waals surface area contributed by atoms with Crippen LogP contribution < -0.4 is 9.62 Å². The number of nitro benzene ring substituents is 1. The zero-order valence-corrected chi connectivity index (χ0v) is 17.2. The Morgan fingerprint density at radius 3 is 2.40 bits per heavy atom. The van der Waals surface area contributed by atoms with Gasteiger partial charge in [0.15, 0.2) is 0 Å². The second-order valence-corrected chi connectivity index (χ2v) is 8.59. The standard InChI is InChI=1S/C20H16ClN3O5S/c1-23(30(28,29)17-8-3-2-4-9-17)15-7-5-6-14(12-15)20(25)22-19-13-16(24(26)27)10-11-18(19)21/h2-13H,1H3,(H,22,25). The van der Waals surface area contributed by atoms with Crippen molar-refractivity contribution in [2.75, 3.05) is 16.7 Å². The highest BCUT2D eigenvalue weighted by molar-refractivity contribution is 7.92. The van der Waals surface area contributed by atoms with Gasteiger partial charge in [-0.1, -0.05) is 35.9 Å². The van der Waals surface area contributed by atoms with Gasteiger partial charge in [-0.2, -0.15) is 0 Å². The number of rotatable bonds is 6. The second kappa shape index (κ2) is 8.52. The molecule has 0 unspecified atom stereocenters. The molecule has 0 saturated carbocycles. The molecule has 0 aliphatic heterocycles. The fraction of sp³-hybridized carbons (Fsp3) is 0.0500. The van der Waals surface area contributed by atoms with Gasteiger partial charge in [0, 0.05) is 24.7 Å². The van der Waals surface area contributed by atoms with E-state index in [9.17, 15) is 23.3 Å². The Hall–Kier alpha value is -3.43. The number of halogens is 1. The molecule has 0 saturated heterocycles. The van der Waals surface area contributed by atoms with Crippen molar-refractivity contribution in [2.24, 2.45) is 0 Å². The fourth-order valence-electron chi connectivity index (χ4n) is 2.65. The average molecular weight is 446 g/mol. The van der Waals surface area contributed by atoms with Crippen molar-refractivity contribution in [3.05, 3.63) is 93.5 Å². The lowest BCUT2D eigenvalue weighted by atomic mass is 10.2. The molecule has 0 atom stereocenters. The molecule has 0 aliphatic carbocycles. The highest BCUT2D eigenvalue weighted by atomic mass is 35.5. The van der Waals surface area contributed by atoms with Gasteiger partial charge >= 0.3 is 0 Å². The second-order valence-electron chi connectivity index (χ2n) is 6.21. The van der Waals surface area contributed by atoms with Gasteiger partial charge in [0.05, 0.1) is 26.2 Å². The van der Waals surface area contributed by atoms with Crippen LogP contribution in [0.2, 0.25) is 5.02 Å². The Morgan fingerprint density at radius 1 is 1.03 bits per heavy atom. The maximum absolute atomic E-state index is 12.8. The third-order valence-corrected chi connectivity index (χ3v) is 6.41. The summed E-state index contributed by atoms with van der Waals surface area (Å²) in [5.74, 6) is -0.593. The molecule has 30 heavy (non-hydrogen) atoms. The number of anilines is 2. The number of sulfonamides is 1. The first-order valence-corrected chi connectivity index (χ1v) is 10.4. The minimum Gasteiger partial charge on any atom is -0.320 e. The third-order valence-electron chi connectivity index (χ3n) is 4.28. The number of nitrogens with one attached hydrogen (secondary N) is 1. The predicted octanol–water partition coefficient (Wildman–Crippen LogP) is 4.33. The van der Waals surface area contributed by atoms with Gasteiger partial charge in [-0.3, -0.25) is 19.2 Å². The van der Waals surface area contributed by atoms with Crippen molar-refractivity contribution < 1.29 is 18.1 Å². The van der Waals surface area contributed by atoms with E-state index in [0.29, 0.717) is 0 Å². The zero-order chi connectivity index (χ0) is 21.9. The molecule has 1 amide bonds. The number of carbonyl (C=O) groups excluding carboxylic acids is 1. The van der Waals surface area contributed by atoms with Crippen LogP contribution in [0.3, 0.4) is 0 Å². The quantitative estimate of drug-likeness (QED) is 0.448. The molecular weight excluding hydrogens is 430 g/mol. The summed E-state index contributed by atoms with van der Waals surface area (Å²) in [5, 5.41) is 13.6. The van der Waals surface area contributed by atoms with Crippen LogP contribution in [0.25, 0.3) is 0 Å². The SMILES string of the molecule is CN(c1cccc(C(=O)Nc2cc([N+](=O)[O-])ccc2Cl)c1)S(=O)(=O)c1ccccc1. The van der Waals surface area contributed by atoms with Gasteiger partial charge in [-0.25, -0.2) is 8.42 Å². The van der Waals surface area contributed by atoms with Crippen LogP contribution in [-0.4, -0.2) is 26.3 Å². The van der Waals surface area contributed by atoms with E-state index < -0.39 is 20.9 Å². The van der Waals surface area contributed by atoms with Crippen molar-refractivity contribution in [1.29, 1.82) is 0 Å². The minimum absolute atomic E-state index is 0.0755. The van der Waals surface area contributed by atoms with E-state index >= 15 is 0 Å². The van der Waals surface area contributed by atoms with Gasteiger partial charge in [0.2, 0.25) is 0 Å². The van der Waals surface area contributed by atoms with E-state index in [0.717, 1.165) is 10.4 Å². The lowest BCUT2D eigenvalue weighted by Crippen LogP contribution is -2.26. The third kappa shape index (κ3) is 4.42. The topological polar surface area (TPSA) is 110 Å². The van der Waals surface area contributed by atoms with Crippen molar-refractivity contribution in [2.45, 2.75) is 4.90 Å². The molecule has 3 aromatic rings. The maximum Gasteiger partial charge on any atom is 0.271 e. The molecule has 0 bridgehead atoms. The van der Waals surface area contributed by atoms with Crippen molar-refractivity contribution >= 4 is 44.6 Å². The van der Waals surface area contributed by atoms with E-state index in [1.165, 1.54) is 49.5 Å². The van der Waals surface area contributed by atoms with Gasteiger partial charge < -0.3 is 5.32 Å². The molecule has 1 N–H and O–H groups in total. The van der Waals surface area contributed by atoms with Crippen molar-refractivity contribution in [3.8, 4) is 0 Å². The summed E-state index contributed by atoms with van der Waals surface area (Å²) in [5.41, 5.74) is 0.283. The summed E-state index contributed by atoms with van der Waals surface area (Å²) in [6.07, 6.45) is 0. The van der Waals surface area contributed by atoms with E-state index in [1.54, 1.807) is 24.3 Å². The molecule has 3 aromatic carbocycles. The molecule has 0 aliphatic rings. The van der Waals surface area contributed by atoms with Gasteiger partial charge in [0.25, 0.3) is 21.6 Å². The van der Waals surface area contributed by atoms with E-state index in [2.05, 4.69) is 5.32 Å². The van der Waals surface area contributed by atoms with Crippen LogP contribution in [-0.2, 0) is 10.0 Å². The van der Waals surface area contributed by atoms with E-state index in [4.69, 9.17) is 11.6 Å². The molecule has 3 rings (SSSR count). The molecule has 10 heteroatoms. The van der Waals surface area contributed by atoms with Crippen LogP contribution in [0, 0.1) is 10.1 Å². The van der Waals surface area contributed by atoms with Crippen LogP contribution in [0.4, 0.5) is 17.1 Å². The van der Waals surface area contributed by atoms with Crippen LogP contribution in [0.1, 0.15) is 10.4 Å². The van der Waals surface area contributed by atoms with Gasteiger partial charge in [0.1, 0.15) is 0 Å². The number of non-ortho nitro benzene ring substituents is 1. The highest BCUT2D eigenvalue weighted by Gasteiger charge is 2.22. The number of hydrogen-bond acceptors (Lipinski definition) is 5. The summed E-state index contributed by atoms with van der Waals surface area (Å²) < 4.78 is 26.7. The number of hydrogen-bond donors (Lipinski definition) is 1. The fourth-order valence-corrected chi connectivity index (χ4v) is 4.02. The predicted molar refractivity (Wildman–Crippen MR) is 115 cm³/mol. The maximum atomic E-state index is 12.8. The summed E-state index contributed by atoms with van der Waals surface area (Å²) in [7, 11) is -2.42. The van der Waals surface area contributed by atoms with Gasteiger partial charge in [-0.05, 0) is 36.4 Å². The summed E-state index contributed by atoms with van der Waals surface area (Å²) >= 11 is 6.02. The first kappa shape index (κ1) is 21.3. The summed E-state index contributed by atoms with van der Waals surface area (Å²) in [6.45, 7) is 0. The normalized spacial score (nSPS) is 11.0. The van der Waals surface area contributed by atoms with E-state index in [1.807, 2.05) is 0 Å². The lowest BCUT2D eigenvalue weighted by Gasteiger charge is -2.20. The Labute approximate surface area is 177 Å². The number of benzene rings is 3. The van der Waals surface area contributed by atoms with Crippen LogP contribution in [0.15, 0.2) is 77.7 Å². The molecule has 0 heterocycles. The Kier molecular flexibility index (Phi) is 6.04. The molecule has 0 aromatic heterocycles. The molecule has 8 nitrogen and oxygen atoms in total. The van der Waals surface area contributed by atoms with Crippen molar-refractivity contribution in [3.63, 3.8) is 0 Å². The Balaban J connectivity index is 1.88. The van der Waals surface area contributed by atoms with Crippen molar-refractivity contribution in [1.82, 2.24) is 0 Å². The van der Waals surface area contributed by atoms with Crippen LogP contribution >= 0.6 is 11.6 Å². The number of nitro groups is 1. The highest BCUT2D eigenvalue weighted by Crippen LogP contribution is 2.28. The Bertz CT molecular complexity index is 1220. The monoisotopic (exact) mass is 445 g/mol. The van der Waals surface area contributed by atoms with E-state index in [-0.39, 0.29) is 32.5 Å². The number of amides is 1. The summed E-state index contributed by atoms with van der Waals surface area (Å²) in [4.78, 5) is 23.1. The molecule has 0 radical (unpaired) electrons. The molecule has 154 valence electrons. The first-order chi connectivity index (χ1) is 14.2. The first-order valence-electron chi connectivity index (χ1n) is 8.59. The Morgan fingerprint density at radius 2 is 1.73 bits per heavy atom.